The maximum Gasteiger partial charge on any atom is 0.333 e. The molecule has 1 aromatic carbocycles. The van der Waals surface area contributed by atoms with Gasteiger partial charge in [-0.05, 0) is 64.2 Å². The van der Waals surface area contributed by atoms with Crippen molar-refractivity contribution in [2.45, 2.75) is 65.1 Å². The van der Waals surface area contributed by atoms with E-state index in [2.05, 4.69) is 23.8 Å². The zero-order valence-electron chi connectivity index (χ0n) is 19.8. The molecule has 0 bridgehead atoms. The van der Waals surface area contributed by atoms with E-state index in [0.29, 0.717) is 24.4 Å². The monoisotopic (exact) mass is 453 g/mol. The predicted octanol–water partition coefficient (Wildman–Crippen LogP) is 3.84. The normalized spacial score (nSPS) is 18.2. The maximum absolute atomic E-state index is 15.7. The van der Waals surface area contributed by atoms with Crippen molar-refractivity contribution in [1.29, 1.82) is 0 Å². The van der Waals surface area contributed by atoms with Gasteiger partial charge >= 0.3 is 5.69 Å². The number of aromatic nitrogens is 4. The molecule has 2 aromatic heterocycles. The van der Waals surface area contributed by atoms with Crippen molar-refractivity contribution in [3.63, 3.8) is 0 Å². The number of rotatable bonds is 6. The minimum atomic E-state index is -0.285. The van der Waals surface area contributed by atoms with Crippen LogP contribution in [0.1, 0.15) is 56.4 Å². The Morgan fingerprint density at radius 2 is 2.03 bits per heavy atom. The van der Waals surface area contributed by atoms with Crippen molar-refractivity contribution in [3.05, 3.63) is 63.8 Å². The quantitative estimate of drug-likeness (QED) is 0.569. The fraction of sp³-hybridized carbons (Fsp3) is 0.520. The molecule has 3 aromatic rings. The molecule has 8 heteroatoms. The van der Waals surface area contributed by atoms with E-state index in [1.165, 1.54) is 4.57 Å². The van der Waals surface area contributed by atoms with E-state index in [1.807, 2.05) is 36.9 Å². The number of hydrogen-bond acceptors (Lipinski definition) is 4. The number of halogens is 1. The van der Waals surface area contributed by atoms with E-state index in [-0.39, 0.29) is 23.0 Å². The lowest BCUT2D eigenvalue weighted by Gasteiger charge is -2.39. The van der Waals surface area contributed by atoms with E-state index < -0.39 is 0 Å². The Hall–Kier alpha value is -2.87. The van der Waals surface area contributed by atoms with Crippen LogP contribution in [-0.4, -0.2) is 44.2 Å². The van der Waals surface area contributed by atoms with Crippen LogP contribution in [-0.2, 0) is 17.8 Å². The summed E-state index contributed by atoms with van der Waals surface area (Å²) >= 11 is 0. The Bertz CT molecular complexity index is 1230. The Balaban J connectivity index is 1.56. The molecule has 0 N–H and O–H groups in total. The lowest BCUT2D eigenvalue weighted by molar-refractivity contribution is -0.0276. The number of morpholine rings is 1. The van der Waals surface area contributed by atoms with E-state index in [1.54, 1.807) is 17.0 Å². The second-order valence-corrected chi connectivity index (χ2v) is 9.89. The number of benzene rings is 1. The van der Waals surface area contributed by atoms with Gasteiger partial charge in [0, 0.05) is 49.0 Å². The van der Waals surface area contributed by atoms with Crippen molar-refractivity contribution < 1.29 is 9.13 Å². The third kappa shape index (κ3) is 4.24. The molecule has 33 heavy (non-hydrogen) atoms. The number of anilines is 1. The summed E-state index contributed by atoms with van der Waals surface area (Å²) in [4.78, 5) is 15.7. The fourth-order valence-corrected chi connectivity index (χ4v) is 4.70. The summed E-state index contributed by atoms with van der Waals surface area (Å²) in [7, 11) is 0. The highest BCUT2D eigenvalue weighted by atomic mass is 19.1. The summed E-state index contributed by atoms with van der Waals surface area (Å²) in [5, 5.41) is 4.30. The van der Waals surface area contributed by atoms with Crippen LogP contribution in [0.3, 0.4) is 0 Å². The van der Waals surface area contributed by atoms with Crippen LogP contribution in [0, 0.1) is 12.7 Å². The Kier molecular flexibility index (Phi) is 5.43. The second-order valence-electron chi connectivity index (χ2n) is 9.89. The third-order valence-corrected chi connectivity index (χ3v) is 6.66. The predicted molar refractivity (Wildman–Crippen MR) is 126 cm³/mol. The van der Waals surface area contributed by atoms with Crippen molar-refractivity contribution in [1.82, 2.24) is 18.9 Å². The molecule has 2 aliphatic rings. The first-order chi connectivity index (χ1) is 15.8. The summed E-state index contributed by atoms with van der Waals surface area (Å²) in [6.07, 6.45) is 7.44. The molecule has 0 atom stereocenters. The van der Waals surface area contributed by atoms with Gasteiger partial charge in [0.05, 0.1) is 30.6 Å². The van der Waals surface area contributed by atoms with Crippen LogP contribution in [0.25, 0.3) is 5.69 Å². The van der Waals surface area contributed by atoms with Gasteiger partial charge in [-0.25, -0.2) is 9.18 Å². The minimum Gasteiger partial charge on any atom is -0.372 e. The third-order valence-electron chi connectivity index (χ3n) is 6.66. The Labute approximate surface area is 193 Å². The van der Waals surface area contributed by atoms with E-state index in [4.69, 9.17) is 4.74 Å². The highest BCUT2D eigenvalue weighted by Gasteiger charge is 2.32. The first-order valence-corrected chi connectivity index (χ1v) is 11.8. The van der Waals surface area contributed by atoms with Crippen LogP contribution in [0.2, 0.25) is 0 Å². The molecule has 0 amide bonds. The SMILES string of the molecule is CCn1cc(Cn2c(C)cn(-c3cc(N4CCOC(C)(C)C4)cc(C4CC4)c3F)c2=O)cn1. The summed E-state index contributed by atoms with van der Waals surface area (Å²) in [5.74, 6) is -0.0525. The first kappa shape index (κ1) is 21.9. The highest BCUT2D eigenvalue weighted by molar-refractivity contribution is 5.58. The smallest absolute Gasteiger partial charge is 0.333 e. The van der Waals surface area contributed by atoms with Crippen LogP contribution in [0.5, 0.6) is 0 Å². The van der Waals surface area contributed by atoms with Crippen molar-refractivity contribution in [2.24, 2.45) is 0 Å². The van der Waals surface area contributed by atoms with Gasteiger partial charge in [-0.2, -0.15) is 5.10 Å². The van der Waals surface area contributed by atoms with Gasteiger partial charge in [0.25, 0.3) is 0 Å². The Morgan fingerprint density at radius 1 is 1.24 bits per heavy atom. The van der Waals surface area contributed by atoms with E-state index in [0.717, 1.165) is 49.4 Å². The summed E-state index contributed by atoms with van der Waals surface area (Å²) in [5.41, 5.74) is 3.22. The molecule has 7 nitrogen and oxygen atoms in total. The number of imidazole rings is 1. The molecule has 176 valence electrons. The topological polar surface area (TPSA) is 57.2 Å². The molecule has 0 unspecified atom stereocenters. The zero-order chi connectivity index (χ0) is 23.3. The average molecular weight is 454 g/mol. The first-order valence-electron chi connectivity index (χ1n) is 11.8. The molecule has 3 heterocycles. The molecule has 1 saturated heterocycles. The molecule has 0 radical (unpaired) electrons. The molecule has 1 aliphatic heterocycles. The molecular weight excluding hydrogens is 421 g/mol. The van der Waals surface area contributed by atoms with Crippen LogP contribution in [0.15, 0.2) is 35.5 Å². The van der Waals surface area contributed by atoms with Gasteiger partial charge in [0.15, 0.2) is 5.82 Å². The van der Waals surface area contributed by atoms with Crippen molar-refractivity contribution >= 4 is 5.69 Å². The molecule has 5 rings (SSSR count). The highest BCUT2D eigenvalue weighted by Crippen LogP contribution is 2.44. The van der Waals surface area contributed by atoms with Gasteiger partial charge in [0.1, 0.15) is 0 Å². The van der Waals surface area contributed by atoms with E-state index >= 15 is 4.39 Å². The van der Waals surface area contributed by atoms with Gasteiger partial charge in [-0.3, -0.25) is 13.8 Å². The van der Waals surface area contributed by atoms with Crippen LogP contribution in [0.4, 0.5) is 10.1 Å². The zero-order valence-corrected chi connectivity index (χ0v) is 19.8. The van der Waals surface area contributed by atoms with Crippen molar-refractivity contribution in [3.8, 4) is 5.69 Å². The van der Waals surface area contributed by atoms with Gasteiger partial charge in [-0.1, -0.05) is 0 Å². The summed E-state index contributed by atoms with van der Waals surface area (Å²) in [6.45, 7) is 11.3. The molecule has 2 fully saturated rings. The van der Waals surface area contributed by atoms with Crippen LogP contribution >= 0.6 is 0 Å². The second kappa shape index (κ2) is 8.17. The lowest BCUT2D eigenvalue weighted by atomic mass is 10.0. The van der Waals surface area contributed by atoms with Crippen molar-refractivity contribution in [2.75, 3.05) is 24.6 Å². The van der Waals surface area contributed by atoms with Gasteiger partial charge in [0.2, 0.25) is 0 Å². The number of nitrogens with zero attached hydrogens (tertiary/aromatic N) is 5. The minimum absolute atomic E-state index is 0.233. The molecular formula is C25H32FN5O2. The molecule has 1 saturated carbocycles. The molecule has 0 spiro atoms. The molecule has 1 aliphatic carbocycles. The Morgan fingerprint density at radius 3 is 2.70 bits per heavy atom. The number of hydrogen-bond donors (Lipinski definition) is 0. The standard InChI is InChI=1S/C25H32FN5O2/c1-5-29-14-18(12-27-29)15-30-17(2)13-31(24(30)32)22-11-20(10-21(23(22)26)19-6-7-19)28-8-9-33-25(3,4)16-28/h10-14,19H,5-9,15-16H2,1-4H3. The number of aryl methyl sites for hydroxylation is 2. The fourth-order valence-electron chi connectivity index (χ4n) is 4.70. The lowest BCUT2D eigenvalue weighted by Crippen LogP contribution is -2.48. The maximum atomic E-state index is 15.7. The van der Waals surface area contributed by atoms with Gasteiger partial charge < -0.3 is 9.64 Å². The van der Waals surface area contributed by atoms with Crippen LogP contribution < -0.4 is 10.6 Å². The largest absolute Gasteiger partial charge is 0.372 e. The summed E-state index contributed by atoms with van der Waals surface area (Å²) < 4.78 is 26.6. The van der Waals surface area contributed by atoms with Gasteiger partial charge in [-0.15, -0.1) is 0 Å². The van der Waals surface area contributed by atoms with E-state index in [9.17, 15) is 4.79 Å². The summed E-state index contributed by atoms with van der Waals surface area (Å²) in [6, 6.07) is 3.80. The number of ether oxygens (including phenoxy) is 1. The average Bonchev–Trinajstić information content (AvgIpc) is 3.46.